The predicted octanol–water partition coefficient (Wildman–Crippen LogP) is 5.82. The van der Waals surface area contributed by atoms with Gasteiger partial charge in [-0.1, -0.05) is 43.0 Å². The number of carbonyl (C=O) groups is 1. The number of nitrogens with zero attached hydrogens (tertiary/aromatic N) is 4. The van der Waals surface area contributed by atoms with E-state index in [4.69, 9.17) is 0 Å². The van der Waals surface area contributed by atoms with Gasteiger partial charge in [-0.25, -0.2) is 0 Å². The van der Waals surface area contributed by atoms with Crippen molar-refractivity contribution in [1.82, 2.24) is 14.8 Å². The molecule has 1 amide bonds. The summed E-state index contributed by atoms with van der Waals surface area (Å²) in [6, 6.07) is 12.3. The molecule has 1 atom stereocenters. The average molecular weight is 484 g/mol. The molecule has 3 rings (SSSR count). The van der Waals surface area contributed by atoms with E-state index in [1.165, 1.54) is 23.1 Å². The van der Waals surface area contributed by atoms with Crippen molar-refractivity contribution in [3.63, 3.8) is 0 Å². The van der Waals surface area contributed by atoms with Crippen LogP contribution < -0.4 is 5.32 Å². The Hall–Kier alpha value is -2.54. The van der Waals surface area contributed by atoms with Crippen LogP contribution in [0.15, 0.2) is 53.0 Å². The van der Waals surface area contributed by atoms with Gasteiger partial charge >= 0.3 is 0 Å². The molecule has 6 nitrogen and oxygen atoms in total. The van der Waals surface area contributed by atoms with Crippen LogP contribution in [0, 0.1) is 25.2 Å². The highest BCUT2D eigenvalue weighted by Crippen LogP contribution is 2.33. The van der Waals surface area contributed by atoms with E-state index in [1.54, 1.807) is 11.8 Å². The molecule has 2 aromatic heterocycles. The van der Waals surface area contributed by atoms with E-state index in [2.05, 4.69) is 40.3 Å². The summed E-state index contributed by atoms with van der Waals surface area (Å²) >= 11 is 4.52. The summed E-state index contributed by atoms with van der Waals surface area (Å²) in [5.41, 5.74) is 1.45. The number of nitrogens with one attached hydrogen (secondary N) is 1. The standard InChI is InChI=1S/C23H25N5OS3/c1-5-12-28-20(14-30-17-10-8-7-9-11-17)26-27-23(28)32-19(6-2)21(29)25-22-18(13-24)15(3)16(4)31-22/h5,7-11,19H,1,6,12,14H2,2-4H3,(H,25,29). The van der Waals surface area contributed by atoms with E-state index >= 15 is 0 Å². The minimum Gasteiger partial charge on any atom is -0.316 e. The van der Waals surface area contributed by atoms with Gasteiger partial charge in [0.1, 0.15) is 16.9 Å². The maximum absolute atomic E-state index is 13.0. The maximum Gasteiger partial charge on any atom is 0.238 e. The second-order valence-corrected chi connectivity index (χ2v) is 10.4. The zero-order valence-electron chi connectivity index (χ0n) is 18.3. The van der Waals surface area contributed by atoms with Gasteiger partial charge in [0, 0.05) is 16.3 Å². The lowest BCUT2D eigenvalue weighted by Crippen LogP contribution is -2.25. The first-order valence-electron chi connectivity index (χ1n) is 10.2. The Morgan fingerprint density at radius 3 is 2.75 bits per heavy atom. The lowest BCUT2D eigenvalue weighted by molar-refractivity contribution is -0.115. The molecular weight excluding hydrogens is 458 g/mol. The number of amides is 1. The molecule has 0 saturated heterocycles. The molecule has 3 aromatic rings. The van der Waals surface area contributed by atoms with Crippen molar-refractivity contribution in [2.75, 3.05) is 5.32 Å². The smallest absolute Gasteiger partial charge is 0.238 e. The number of hydrogen-bond acceptors (Lipinski definition) is 7. The SMILES string of the molecule is C=CCn1c(CSc2ccccc2)nnc1SC(CC)C(=O)Nc1sc(C)c(C)c1C#N. The molecule has 2 heterocycles. The monoisotopic (exact) mass is 483 g/mol. The number of nitriles is 1. The normalized spacial score (nSPS) is 11.7. The van der Waals surface area contributed by atoms with Gasteiger partial charge in [0.25, 0.3) is 0 Å². The summed E-state index contributed by atoms with van der Waals surface area (Å²) in [6.07, 6.45) is 2.43. The molecule has 0 bridgehead atoms. The fourth-order valence-corrected chi connectivity index (χ4v) is 5.84. The minimum atomic E-state index is -0.355. The molecule has 1 unspecified atom stereocenters. The summed E-state index contributed by atoms with van der Waals surface area (Å²) in [7, 11) is 0. The number of carbonyl (C=O) groups excluding carboxylic acids is 1. The molecule has 1 N–H and O–H groups in total. The number of allylic oxidation sites excluding steroid dienone is 1. The van der Waals surface area contributed by atoms with Crippen molar-refractivity contribution in [3.8, 4) is 6.07 Å². The molecule has 0 aliphatic heterocycles. The first kappa shape index (κ1) is 24.1. The van der Waals surface area contributed by atoms with Gasteiger partial charge in [0.05, 0.1) is 16.6 Å². The number of rotatable bonds is 10. The number of anilines is 1. The molecule has 0 fully saturated rings. The van der Waals surface area contributed by atoms with Gasteiger partial charge in [-0.2, -0.15) is 5.26 Å². The highest BCUT2D eigenvalue weighted by molar-refractivity contribution is 8.00. The third kappa shape index (κ3) is 5.63. The topological polar surface area (TPSA) is 83.6 Å². The van der Waals surface area contributed by atoms with Crippen molar-refractivity contribution in [2.45, 2.75) is 54.8 Å². The third-order valence-electron chi connectivity index (χ3n) is 4.86. The summed E-state index contributed by atoms with van der Waals surface area (Å²) < 4.78 is 2.00. The number of thiophene rings is 1. The molecule has 0 saturated carbocycles. The third-order valence-corrected chi connectivity index (χ3v) is 8.34. The van der Waals surface area contributed by atoms with Gasteiger partial charge in [0.15, 0.2) is 5.16 Å². The van der Waals surface area contributed by atoms with E-state index in [9.17, 15) is 10.1 Å². The molecule has 0 aliphatic carbocycles. The number of aromatic nitrogens is 3. The zero-order valence-corrected chi connectivity index (χ0v) is 20.7. The first-order chi connectivity index (χ1) is 15.5. The second-order valence-electron chi connectivity index (χ2n) is 7.00. The summed E-state index contributed by atoms with van der Waals surface area (Å²) in [5.74, 6) is 1.38. The van der Waals surface area contributed by atoms with E-state index in [0.29, 0.717) is 34.4 Å². The van der Waals surface area contributed by atoms with Crippen LogP contribution in [0.3, 0.4) is 0 Å². The van der Waals surface area contributed by atoms with Crippen molar-refractivity contribution in [1.29, 1.82) is 5.26 Å². The molecular formula is C23H25N5OS3. The number of aryl methyl sites for hydroxylation is 1. The van der Waals surface area contributed by atoms with Crippen LogP contribution >= 0.6 is 34.9 Å². The summed E-state index contributed by atoms with van der Waals surface area (Å²) in [6.45, 7) is 10.2. The number of benzene rings is 1. The van der Waals surface area contributed by atoms with Crippen molar-refractivity contribution >= 4 is 45.8 Å². The van der Waals surface area contributed by atoms with E-state index < -0.39 is 0 Å². The Labute approximate surface area is 201 Å². The maximum atomic E-state index is 13.0. The molecule has 0 aliphatic rings. The van der Waals surface area contributed by atoms with Crippen LogP contribution in [0.4, 0.5) is 5.00 Å². The van der Waals surface area contributed by atoms with Gasteiger partial charge in [0.2, 0.25) is 5.91 Å². The Morgan fingerprint density at radius 1 is 1.34 bits per heavy atom. The second kappa shape index (κ2) is 11.4. The van der Waals surface area contributed by atoms with Gasteiger partial charge in [-0.3, -0.25) is 4.79 Å². The lowest BCUT2D eigenvalue weighted by Gasteiger charge is -2.14. The Kier molecular flexibility index (Phi) is 8.56. The van der Waals surface area contributed by atoms with Crippen LogP contribution in [0.5, 0.6) is 0 Å². The van der Waals surface area contributed by atoms with Crippen LogP contribution in [-0.4, -0.2) is 25.9 Å². The van der Waals surface area contributed by atoms with Crippen LogP contribution in [0.1, 0.15) is 35.2 Å². The van der Waals surface area contributed by atoms with E-state index in [-0.39, 0.29) is 11.2 Å². The van der Waals surface area contributed by atoms with Crippen LogP contribution in [0.2, 0.25) is 0 Å². The lowest BCUT2D eigenvalue weighted by atomic mass is 10.2. The van der Waals surface area contributed by atoms with Crippen molar-refractivity contribution < 1.29 is 4.79 Å². The van der Waals surface area contributed by atoms with Gasteiger partial charge in [-0.05, 0) is 38.0 Å². The number of hydrogen-bond donors (Lipinski definition) is 1. The molecule has 1 aromatic carbocycles. The Balaban J connectivity index is 1.74. The minimum absolute atomic E-state index is 0.136. The Morgan fingerprint density at radius 2 is 2.09 bits per heavy atom. The molecule has 0 radical (unpaired) electrons. The van der Waals surface area contributed by atoms with Crippen LogP contribution in [0.25, 0.3) is 0 Å². The average Bonchev–Trinajstić information content (AvgIpc) is 3.30. The van der Waals surface area contributed by atoms with Crippen LogP contribution in [-0.2, 0) is 17.1 Å². The van der Waals surface area contributed by atoms with E-state index in [0.717, 1.165) is 21.2 Å². The molecule has 9 heteroatoms. The fraction of sp³-hybridized carbons (Fsp3) is 0.304. The fourth-order valence-electron chi connectivity index (χ4n) is 2.98. The molecule has 166 valence electrons. The summed E-state index contributed by atoms with van der Waals surface area (Å²) in [4.78, 5) is 15.2. The predicted molar refractivity (Wildman–Crippen MR) is 133 cm³/mol. The van der Waals surface area contributed by atoms with Gasteiger partial charge < -0.3 is 9.88 Å². The molecule has 32 heavy (non-hydrogen) atoms. The largest absolute Gasteiger partial charge is 0.316 e. The zero-order chi connectivity index (χ0) is 23.1. The summed E-state index contributed by atoms with van der Waals surface area (Å²) in [5, 5.41) is 22.1. The first-order valence-corrected chi connectivity index (χ1v) is 12.8. The van der Waals surface area contributed by atoms with Gasteiger partial charge in [-0.15, -0.1) is 39.9 Å². The highest BCUT2D eigenvalue weighted by Gasteiger charge is 2.24. The number of thioether (sulfide) groups is 2. The quantitative estimate of drug-likeness (QED) is 0.289. The molecule has 0 spiro atoms. The van der Waals surface area contributed by atoms with Crippen molar-refractivity contribution in [3.05, 3.63) is 64.8 Å². The highest BCUT2D eigenvalue weighted by atomic mass is 32.2. The van der Waals surface area contributed by atoms with Crippen molar-refractivity contribution in [2.24, 2.45) is 0 Å². The van der Waals surface area contributed by atoms with E-state index in [1.807, 2.05) is 49.6 Å². The Bertz CT molecular complexity index is 1130.